The molecule has 1 aromatic carbocycles. The molecule has 4 nitrogen and oxygen atoms in total. The largest absolute Gasteiger partial charge is 0.463 e. The van der Waals surface area contributed by atoms with E-state index in [1.165, 1.54) is 6.08 Å². The molecule has 1 N–H and O–H groups in total. The van der Waals surface area contributed by atoms with Crippen LogP contribution in [0.15, 0.2) is 30.3 Å². The number of nitrogens with one attached hydrogen (secondary N) is 1. The summed E-state index contributed by atoms with van der Waals surface area (Å²) in [7, 11) is 0. The molecule has 1 amide bonds. The second-order valence-corrected chi connectivity index (χ2v) is 4.35. The first kappa shape index (κ1) is 15.0. The molecule has 0 saturated heterocycles. The van der Waals surface area contributed by atoms with Crippen LogP contribution in [0.4, 0.5) is 5.69 Å². The summed E-state index contributed by atoms with van der Waals surface area (Å²) in [6.07, 6.45) is 3.05. The van der Waals surface area contributed by atoms with E-state index in [4.69, 9.17) is 4.74 Å². The van der Waals surface area contributed by atoms with Crippen molar-refractivity contribution in [1.29, 1.82) is 0 Å². The number of carbonyl (C=O) groups is 2. The van der Waals surface area contributed by atoms with E-state index in [1.54, 1.807) is 25.1 Å². The highest BCUT2D eigenvalue weighted by Crippen LogP contribution is 2.12. The van der Waals surface area contributed by atoms with Gasteiger partial charge in [0.15, 0.2) is 0 Å². The van der Waals surface area contributed by atoms with Gasteiger partial charge in [-0.25, -0.2) is 4.79 Å². The number of hydrogen-bond acceptors (Lipinski definition) is 3. The Labute approximate surface area is 113 Å². The number of carbonyl (C=O) groups excluding carboxylic acids is 2. The third-order valence-electron chi connectivity index (χ3n) is 2.40. The fourth-order valence-corrected chi connectivity index (χ4v) is 1.32. The van der Waals surface area contributed by atoms with Crippen LogP contribution in [0.5, 0.6) is 0 Å². The zero-order valence-electron chi connectivity index (χ0n) is 11.5. The van der Waals surface area contributed by atoms with Crippen molar-refractivity contribution >= 4 is 23.6 Å². The SMILES string of the molecule is CCOC(=O)C=Cc1ccc(NC(=O)C(C)C)cc1. The molecular weight excluding hydrogens is 242 g/mol. The van der Waals surface area contributed by atoms with Gasteiger partial charge < -0.3 is 10.1 Å². The average Bonchev–Trinajstić information content (AvgIpc) is 2.38. The Hall–Kier alpha value is -2.10. The highest BCUT2D eigenvalue weighted by Gasteiger charge is 2.06. The summed E-state index contributed by atoms with van der Waals surface area (Å²) in [5.74, 6) is -0.433. The van der Waals surface area contributed by atoms with Gasteiger partial charge in [0.25, 0.3) is 0 Å². The number of amides is 1. The summed E-state index contributed by atoms with van der Waals surface area (Å²) >= 11 is 0. The fraction of sp³-hybridized carbons (Fsp3) is 0.333. The Morgan fingerprint density at radius 1 is 1.26 bits per heavy atom. The average molecular weight is 261 g/mol. The van der Waals surface area contributed by atoms with Crippen LogP contribution in [0.3, 0.4) is 0 Å². The quantitative estimate of drug-likeness (QED) is 0.655. The standard InChI is InChI=1S/C15H19NO3/c1-4-19-14(17)10-7-12-5-8-13(9-6-12)16-15(18)11(2)3/h5-11H,4H2,1-3H3,(H,16,18). The van der Waals surface area contributed by atoms with E-state index in [-0.39, 0.29) is 17.8 Å². The second-order valence-electron chi connectivity index (χ2n) is 4.35. The van der Waals surface area contributed by atoms with Crippen molar-refractivity contribution in [2.24, 2.45) is 5.92 Å². The molecule has 0 atom stereocenters. The maximum absolute atomic E-state index is 11.5. The Morgan fingerprint density at radius 2 is 1.89 bits per heavy atom. The molecule has 0 aromatic heterocycles. The van der Waals surface area contributed by atoms with Gasteiger partial charge in [0, 0.05) is 17.7 Å². The van der Waals surface area contributed by atoms with Crippen molar-refractivity contribution in [3.8, 4) is 0 Å². The lowest BCUT2D eigenvalue weighted by atomic mass is 10.1. The van der Waals surface area contributed by atoms with Crippen molar-refractivity contribution in [2.75, 3.05) is 11.9 Å². The topological polar surface area (TPSA) is 55.4 Å². The Bertz CT molecular complexity index is 461. The van der Waals surface area contributed by atoms with E-state index in [1.807, 2.05) is 26.0 Å². The maximum Gasteiger partial charge on any atom is 0.330 e. The lowest BCUT2D eigenvalue weighted by Gasteiger charge is -2.07. The van der Waals surface area contributed by atoms with Gasteiger partial charge in [0.1, 0.15) is 0 Å². The Kier molecular flexibility index (Phi) is 5.79. The second kappa shape index (κ2) is 7.36. The molecular formula is C15H19NO3. The number of anilines is 1. The van der Waals surface area contributed by atoms with Crippen LogP contribution in [0, 0.1) is 5.92 Å². The van der Waals surface area contributed by atoms with Gasteiger partial charge in [-0.2, -0.15) is 0 Å². The van der Waals surface area contributed by atoms with Gasteiger partial charge in [-0.1, -0.05) is 26.0 Å². The van der Waals surface area contributed by atoms with E-state index < -0.39 is 0 Å². The van der Waals surface area contributed by atoms with E-state index in [9.17, 15) is 9.59 Å². The van der Waals surface area contributed by atoms with Gasteiger partial charge in [0.05, 0.1) is 6.61 Å². The Balaban J connectivity index is 2.61. The maximum atomic E-state index is 11.5. The summed E-state index contributed by atoms with van der Waals surface area (Å²) in [5.41, 5.74) is 1.61. The van der Waals surface area contributed by atoms with E-state index in [2.05, 4.69) is 5.32 Å². The molecule has 0 heterocycles. The lowest BCUT2D eigenvalue weighted by molar-refractivity contribution is -0.137. The minimum absolute atomic E-state index is 0.0187. The molecule has 0 aliphatic rings. The molecule has 0 aliphatic carbocycles. The summed E-state index contributed by atoms with van der Waals surface area (Å²) in [6, 6.07) is 7.24. The van der Waals surface area contributed by atoms with E-state index in [0.717, 1.165) is 11.3 Å². The fourth-order valence-electron chi connectivity index (χ4n) is 1.32. The van der Waals surface area contributed by atoms with Crippen LogP contribution in [0.25, 0.3) is 6.08 Å². The molecule has 102 valence electrons. The molecule has 0 saturated carbocycles. The van der Waals surface area contributed by atoms with Crippen LogP contribution < -0.4 is 5.32 Å². The van der Waals surface area contributed by atoms with Crippen molar-refractivity contribution in [3.05, 3.63) is 35.9 Å². The van der Waals surface area contributed by atoms with E-state index in [0.29, 0.717) is 6.61 Å². The van der Waals surface area contributed by atoms with Crippen LogP contribution in [0.2, 0.25) is 0 Å². The van der Waals surface area contributed by atoms with Crippen molar-refractivity contribution in [3.63, 3.8) is 0 Å². The molecule has 0 spiro atoms. The molecule has 0 unspecified atom stereocenters. The van der Waals surface area contributed by atoms with Crippen molar-refractivity contribution < 1.29 is 14.3 Å². The number of benzene rings is 1. The first-order valence-electron chi connectivity index (χ1n) is 6.28. The molecule has 1 aromatic rings. The molecule has 1 rings (SSSR count). The summed E-state index contributed by atoms with van der Waals surface area (Å²) < 4.78 is 4.78. The molecule has 0 fully saturated rings. The predicted molar refractivity (Wildman–Crippen MR) is 75.6 cm³/mol. The predicted octanol–water partition coefficient (Wildman–Crippen LogP) is 2.86. The summed E-state index contributed by atoms with van der Waals surface area (Å²) in [5, 5.41) is 2.80. The molecule has 0 bridgehead atoms. The molecule has 19 heavy (non-hydrogen) atoms. The van der Waals surface area contributed by atoms with Gasteiger partial charge in [-0.15, -0.1) is 0 Å². The third-order valence-corrected chi connectivity index (χ3v) is 2.40. The zero-order chi connectivity index (χ0) is 14.3. The van der Waals surface area contributed by atoms with Gasteiger partial charge >= 0.3 is 5.97 Å². The minimum atomic E-state index is -0.361. The first-order chi connectivity index (χ1) is 9.02. The monoisotopic (exact) mass is 261 g/mol. The van der Waals surface area contributed by atoms with Gasteiger partial charge in [-0.3, -0.25) is 4.79 Å². The number of hydrogen-bond donors (Lipinski definition) is 1. The highest BCUT2D eigenvalue weighted by atomic mass is 16.5. The minimum Gasteiger partial charge on any atom is -0.463 e. The van der Waals surface area contributed by atoms with Crippen LogP contribution in [-0.2, 0) is 14.3 Å². The molecule has 0 radical (unpaired) electrons. The summed E-state index contributed by atoms with van der Waals surface area (Å²) in [6.45, 7) is 5.80. The van der Waals surface area contributed by atoms with Crippen LogP contribution in [0.1, 0.15) is 26.3 Å². The smallest absolute Gasteiger partial charge is 0.330 e. The molecule has 0 aliphatic heterocycles. The van der Waals surface area contributed by atoms with Crippen molar-refractivity contribution in [2.45, 2.75) is 20.8 Å². The third kappa shape index (κ3) is 5.38. The summed E-state index contributed by atoms with van der Waals surface area (Å²) in [4.78, 5) is 22.6. The Morgan fingerprint density at radius 3 is 2.42 bits per heavy atom. The van der Waals surface area contributed by atoms with Gasteiger partial charge in [-0.05, 0) is 30.7 Å². The van der Waals surface area contributed by atoms with E-state index >= 15 is 0 Å². The first-order valence-corrected chi connectivity index (χ1v) is 6.28. The highest BCUT2D eigenvalue weighted by molar-refractivity contribution is 5.92. The van der Waals surface area contributed by atoms with Crippen molar-refractivity contribution in [1.82, 2.24) is 0 Å². The number of rotatable bonds is 5. The van der Waals surface area contributed by atoms with Crippen LogP contribution in [-0.4, -0.2) is 18.5 Å². The number of esters is 1. The molecule has 4 heteroatoms. The number of ether oxygens (including phenoxy) is 1. The van der Waals surface area contributed by atoms with Crippen LogP contribution >= 0.6 is 0 Å². The lowest BCUT2D eigenvalue weighted by Crippen LogP contribution is -2.17. The zero-order valence-corrected chi connectivity index (χ0v) is 11.5. The normalized spacial score (nSPS) is 10.7. The van der Waals surface area contributed by atoms with Gasteiger partial charge in [0.2, 0.25) is 5.91 Å².